The summed E-state index contributed by atoms with van der Waals surface area (Å²) in [7, 11) is 1.36. The Labute approximate surface area is 134 Å². The Kier molecular flexibility index (Phi) is 5.15. The molecule has 1 fully saturated rings. The van der Waals surface area contributed by atoms with Gasteiger partial charge < -0.3 is 20.7 Å². The third-order valence-corrected chi connectivity index (χ3v) is 3.71. The van der Waals surface area contributed by atoms with E-state index in [1.165, 1.54) is 24.3 Å². The summed E-state index contributed by atoms with van der Waals surface area (Å²) < 4.78 is 4.92. The Balaban J connectivity index is 2.09. The molecule has 0 spiro atoms. The van der Waals surface area contributed by atoms with E-state index in [4.69, 9.17) is 10.5 Å². The maximum absolute atomic E-state index is 12.2. The van der Waals surface area contributed by atoms with Crippen LogP contribution >= 0.6 is 0 Å². The number of hydrogen-bond acceptors (Lipinski definition) is 5. The van der Waals surface area contributed by atoms with Gasteiger partial charge in [0.05, 0.1) is 19.0 Å². The molecule has 3 N–H and O–H groups in total. The van der Waals surface area contributed by atoms with Crippen molar-refractivity contribution in [2.24, 2.45) is 11.7 Å². The molecule has 3 amide bonds. The Morgan fingerprint density at radius 2 is 2.17 bits per heavy atom. The fourth-order valence-electron chi connectivity index (χ4n) is 2.56. The predicted molar refractivity (Wildman–Crippen MR) is 82.9 cm³/mol. The molecule has 0 aliphatic carbocycles. The second kappa shape index (κ2) is 7.08. The van der Waals surface area contributed by atoms with Gasteiger partial charge in [-0.2, -0.15) is 0 Å². The number of nitrogens with two attached hydrogens (primary N) is 1. The van der Waals surface area contributed by atoms with E-state index in [-0.39, 0.29) is 17.1 Å². The number of methoxy groups -OCH3 is 1. The molecule has 1 atom stereocenters. The number of amides is 3. The summed E-state index contributed by atoms with van der Waals surface area (Å²) in [5.74, 6) is -1.65. The molecular weight excluding hydrogens is 300 g/mol. The zero-order valence-corrected chi connectivity index (χ0v) is 13.2. The van der Waals surface area contributed by atoms with Gasteiger partial charge in [-0.1, -0.05) is 6.92 Å². The van der Waals surface area contributed by atoms with Gasteiger partial charge in [-0.3, -0.25) is 14.4 Å². The Morgan fingerprint density at radius 1 is 1.43 bits per heavy atom. The fraction of sp³-hybridized carbons (Fsp3) is 0.467. The predicted octanol–water partition coefficient (Wildman–Crippen LogP) is 0.386. The van der Waals surface area contributed by atoms with Crippen LogP contribution in [0.15, 0.2) is 12.3 Å². The van der Waals surface area contributed by atoms with E-state index in [1.807, 2.05) is 6.92 Å². The number of nitrogens with one attached hydrogen (secondary N) is 1. The normalized spacial score (nSPS) is 17.5. The van der Waals surface area contributed by atoms with Gasteiger partial charge in [0.1, 0.15) is 5.56 Å². The Morgan fingerprint density at radius 3 is 2.78 bits per heavy atom. The molecule has 1 aliphatic rings. The highest BCUT2D eigenvalue weighted by atomic mass is 16.5. The number of aromatic nitrogens is 1. The molecule has 8 heteroatoms. The molecule has 0 saturated carbocycles. The molecule has 0 unspecified atom stereocenters. The second-order valence-corrected chi connectivity index (χ2v) is 5.60. The van der Waals surface area contributed by atoms with Crippen LogP contribution in [-0.4, -0.2) is 47.8 Å². The molecule has 1 aromatic rings. The van der Waals surface area contributed by atoms with Gasteiger partial charge in [-0.05, 0) is 24.8 Å². The smallest absolute Gasteiger partial charge is 0.313 e. The number of carbonyl (C=O) groups is 3. The zero-order valence-electron chi connectivity index (χ0n) is 13.2. The van der Waals surface area contributed by atoms with Gasteiger partial charge >= 0.3 is 11.8 Å². The molecule has 0 radical (unpaired) electrons. The van der Waals surface area contributed by atoms with Crippen LogP contribution < -0.4 is 15.8 Å². The lowest BCUT2D eigenvalue weighted by molar-refractivity contribution is -0.144. The maximum Gasteiger partial charge on any atom is 0.313 e. The summed E-state index contributed by atoms with van der Waals surface area (Å²) in [5.41, 5.74) is 5.48. The topological polar surface area (TPSA) is 115 Å². The van der Waals surface area contributed by atoms with Gasteiger partial charge in [-0.25, -0.2) is 4.98 Å². The van der Waals surface area contributed by atoms with Crippen molar-refractivity contribution in [1.29, 1.82) is 0 Å². The summed E-state index contributed by atoms with van der Waals surface area (Å²) >= 11 is 0. The summed E-state index contributed by atoms with van der Waals surface area (Å²) in [5, 5.41) is 2.44. The average Bonchev–Trinajstić information content (AvgIpc) is 2.53. The highest BCUT2D eigenvalue weighted by Crippen LogP contribution is 2.19. The third-order valence-electron chi connectivity index (χ3n) is 3.71. The van der Waals surface area contributed by atoms with Crippen molar-refractivity contribution in [3.63, 3.8) is 0 Å². The van der Waals surface area contributed by atoms with E-state index >= 15 is 0 Å². The van der Waals surface area contributed by atoms with E-state index in [0.717, 1.165) is 12.8 Å². The van der Waals surface area contributed by atoms with Crippen molar-refractivity contribution in [3.05, 3.63) is 17.8 Å². The van der Waals surface area contributed by atoms with Crippen molar-refractivity contribution in [1.82, 2.24) is 9.88 Å². The van der Waals surface area contributed by atoms with Gasteiger partial charge in [0.15, 0.2) is 0 Å². The Bertz CT molecular complexity index is 632. The minimum Gasteiger partial charge on any atom is -0.480 e. The number of hydrogen-bond donors (Lipinski definition) is 2. The number of anilines is 1. The molecule has 1 saturated heterocycles. The van der Waals surface area contributed by atoms with Crippen LogP contribution in [0, 0.1) is 5.92 Å². The molecule has 1 aromatic heterocycles. The quantitative estimate of drug-likeness (QED) is 0.782. The van der Waals surface area contributed by atoms with E-state index in [1.54, 1.807) is 0 Å². The number of pyridine rings is 1. The van der Waals surface area contributed by atoms with Crippen molar-refractivity contribution in [3.8, 4) is 5.88 Å². The first-order valence-electron chi connectivity index (χ1n) is 7.36. The first-order chi connectivity index (χ1) is 10.9. The number of nitrogens with zero attached hydrogens (tertiary/aromatic N) is 2. The highest BCUT2D eigenvalue weighted by molar-refractivity contribution is 6.39. The van der Waals surface area contributed by atoms with Crippen LogP contribution in [-0.2, 0) is 9.59 Å². The van der Waals surface area contributed by atoms with Crippen LogP contribution in [0.1, 0.15) is 30.1 Å². The maximum atomic E-state index is 12.2. The fourth-order valence-corrected chi connectivity index (χ4v) is 2.56. The summed E-state index contributed by atoms with van der Waals surface area (Å²) in [6, 6.07) is 1.33. The number of ether oxygens (including phenoxy) is 1. The minimum absolute atomic E-state index is 0.0318. The molecule has 124 valence electrons. The van der Waals surface area contributed by atoms with Crippen LogP contribution in [0.4, 0.5) is 5.69 Å². The molecule has 0 bridgehead atoms. The zero-order chi connectivity index (χ0) is 17.0. The SMILES string of the molecule is COc1ncc(NC(=O)C(=O)N2CCC[C@H](C)C2)cc1C(N)=O. The first-order valence-corrected chi connectivity index (χ1v) is 7.36. The Hall–Kier alpha value is -2.64. The first kappa shape index (κ1) is 16.7. The average molecular weight is 320 g/mol. The summed E-state index contributed by atoms with van der Waals surface area (Å²) in [6.07, 6.45) is 3.24. The number of piperidine rings is 1. The third kappa shape index (κ3) is 3.97. The van der Waals surface area contributed by atoms with Crippen molar-refractivity contribution < 1.29 is 19.1 Å². The van der Waals surface area contributed by atoms with Crippen LogP contribution in [0.5, 0.6) is 5.88 Å². The van der Waals surface area contributed by atoms with Crippen LogP contribution in [0.3, 0.4) is 0 Å². The summed E-state index contributed by atoms with van der Waals surface area (Å²) in [4.78, 5) is 41.0. The monoisotopic (exact) mass is 320 g/mol. The minimum atomic E-state index is -0.763. The van der Waals surface area contributed by atoms with Gasteiger partial charge in [0.25, 0.3) is 5.91 Å². The van der Waals surface area contributed by atoms with E-state index in [2.05, 4.69) is 10.3 Å². The molecule has 8 nitrogen and oxygen atoms in total. The molecule has 0 aromatic carbocycles. The second-order valence-electron chi connectivity index (χ2n) is 5.60. The van der Waals surface area contributed by atoms with Gasteiger partial charge in [-0.15, -0.1) is 0 Å². The standard InChI is InChI=1S/C15H20N4O4/c1-9-4-3-5-19(8-9)15(22)13(21)18-10-6-11(12(16)20)14(23-2)17-7-10/h6-7,9H,3-5,8H2,1-2H3,(H2,16,20)(H,18,21)/t9-/m0/s1. The highest BCUT2D eigenvalue weighted by Gasteiger charge is 2.26. The molecular formula is C15H20N4O4. The molecule has 2 rings (SSSR count). The number of rotatable bonds is 3. The van der Waals surface area contributed by atoms with Gasteiger partial charge in [0.2, 0.25) is 5.88 Å². The lowest BCUT2D eigenvalue weighted by Gasteiger charge is -2.30. The van der Waals surface area contributed by atoms with Crippen molar-refractivity contribution in [2.75, 3.05) is 25.5 Å². The molecule has 2 heterocycles. The van der Waals surface area contributed by atoms with E-state index < -0.39 is 17.7 Å². The van der Waals surface area contributed by atoms with Crippen molar-refractivity contribution in [2.45, 2.75) is 19.8 Å². The van der Waals surface area contributed by atoms with Crippen LogP contribution in [0.2, 0.25) is 0 Å². The van der Waals surface area contributed by atoms with Crippen molar-refractivity contribution >= 4 is 23.4 Å². The number of primary amides is 1. The summed E-state index contributed by atoms with van der Waals surface area (Å²) in [6.45, 7) is 3.19. The lowest BCUT2D eigenvalue weighted by Crippen LogP contribution is -2.44. The van der Waals surface area contributed by atoms with E-state index in [0.29, 0.717) is 19.0 Å². The largest absolute Gasteiger partial charge is 0.480 e. The van der Waals surface area contributed by atoms with E-state index in [9.17, 15) is 14.4 Å². The van der Waals surface area contributed by atoms with Crippen LogP contribution in [0.25, 0.3) is 0 Å². The lowest BCUT2D eigenvalue weighted by atomic mass is 10.0. The number of carbonyl (C=O) groups excluding carboxylic acids is 3. The molecule has 23 heavy (non-hydrogen) atoms. The number of likely N-dealkylation sites (tertiary alicyclic amines) is 1. The molecule has 1 aliphatic heterocycles. The van der Waals surface area contributed by atoms with Gasteiger partial charge in [0, 0.05) is 13.1 Å².